The molecule has 0 amide bonds. The number of phenols is 1. The monoisotopic (exact) mass is 248 g/mol. The molecule has 100 valence electrons. The van der Waals surface area contributed by atoms with E-state index in [1.165, 1.54) is 18.4 Å². The maximum Gasteiger partial charge on any atom is 0.115 e. The molecule has 3 nitrogen and oxygen atoms in total. The number of hydrogen-bond donors (Lipinski definition) is 2. The van der Waals surface area contributed by atoms with Crippen LogP contribution in [0.2, 0.25) is 0 Å². The first-order valence-electron chi connectivity index (χ1n) is 6.93. The predicted octanol–water partition coefficient (Wildman–Crippen LogP) is 2.51. The molecule has 0 bridgehead atoms. The summed E-state index contributed by atoms with van der Waals surface area (Å²) in [6, 6.07) is 8.00. The van der Waals surface area contributed by atoms with Crippen molar-refractivity contribution < 1.29 is 5.11 Å². The Morgan fingerprint density at radius 1 is 1.39 bits per heavy atom. The molecular weight excluding hydrogens is 224 g/mol. The highest BCUT2D eigenvalue weighted by Gasteiger charge is 2.23. The number of likely N-dealkylation sites (tertiary alicyclic amines) is 1. The van der Waals surface area contributed by atoms with Gasteiger partial charge in [0.1, 0.15) is 5.75 Å². The normalized spacial score (nSPS) is 19.9. The van der Waals surface area contributed by atoms with Crippen LogP contribution in [0.4, 0.5) is 0 Å². The first-order chi connectivity index (χ1) is 8.70. The van der Waals surface area contributed by atoms with Crippen molar-refractivity contribution >= 4 is 0 Å². The highest BCUT2D eigenvalue weighted by molar-refractivity contribution is 5.29. The minimum Gasteiger partial charge on any atom is -0.508 e. The lowest BCUT2D eigenvalue weighted by molar-refractivity contribution is 0.138. The van der Waals surface area contributed by atoms with Crippen LogP contribution in [0.25, 0.3) is 0 Å². The van der Waals surface area contributed by atoms with Crippen molar-refractivity contribution in [2.75, 3.05) is 19.6 Å². The Morgan fingerprint density at radius 3 is 2.72 bits per heavy atom. The molecule has 1 aliphatic rings. The van der Waals surface area contributed by atoms with Gasteiger partial charge in [0.15, 0.2) is 0 Å². The number of piperidine rings is 1. The predicted molar refractivity (Wildman–Crippen MR) is 74.5 cm³/mol. The van der Waals surface area contributed by atoms with Gasteiger partial charge in [-0.1, -0.05) is 12.1 Å². The zero-order valence-corrected chi connectivity index (χ0v) is 11.2. The van der Waals surface area contributed by atoms with E-state index in [0.29, 0.717) is 11.8 Å². The second kappa shape index (κ2) is 6.21. The third-order valence-electron chi connectivity index (χ3n) is 4.12. The first-order valence-corrected chi connectivity index (χ1v) is 6.93. The average Bonchev–Trinajstić information content (AvgIpc) is 2.39. The number of phenolic OH excluding ortho intramolecular Hbond substituents is 1. The van der Waals surface area contributed by atoms with Crippen molar-refractivity contribution in [2.45, 2.75) is 32.2 Å². The van der Waals surface area contributed by atoms with Crippen LogP contribution in [0.5, 0.6) is 5.75 Å². The second-order valence-corrected chi connectivity index (χ2v) is 5.33. The molecule has 1 aliphatic heterocycles. The van der Waals surface area contributed by atoms with Crippen LogP contribution in [0, 0.1) is 5.92 Å². The molecule has 2 rings (SSSR count). The van der Waals surface area contributed by atoms with Gasteiger partial charge in [-0.15, -0.1) is 0 Å². The number of hydrogen-bond acceptors (Lipinski definition) is 3. The topological polar surface area (TPSA) is 49.5 Å². The van der Waals surface area contributed by atoms with Crippen molar-refractivity contribution in [3.05, 3.63) is 29.8 Å². The lowest BCUT2D eigenvalue weighted by Crippen LogP contribution is -2.36. The summed E-state index contributed by atoms with van der Waals surface area (Å²) in [5, 5.41) is 9.54. The summed E-state index contributed by atoms with van der Waals surface area (Å²) in [4.78, 5) is 2.50. The Balaban J connectivity index is 1.93. The maximum absolute atomic E-state index is 9.54. The molecule has 1 aromatic rings. The summed E-state index contributed by atoms with van der Waals surface area (Å²) < 4.78 is 0. The van der Waals surface area contributed by atoms with E-state index in [1.54, 1.807) is 6.07 Å². The Bertz CT molecular complexity index is 373. The molecule has 0 aliphatic carbocycles. The number of rotatable bonds is 4. The van der Waals surface area contributed by atoms with Gasteiger partial charge >= 0.3 is 0 Å². The van der Waals surface area contributed by atoms with Gasteiger partial charge in [0.05, 0.1) is 0 Å². The zero-order chi connectivity index (χ0) is 13.0. The van der Waals surface area contributed by atoms with Crippen LogP contribution in [0.1, 0.15) is 37.8 Å². The molecule has 0 aromatic heterocycles. The molecule has 3 heteroatoms. The van der Waals surface area contributed by atoms with Crippen molar-refractivity contribution in [3.63, 3.8) is 0 Å². The Labute approximate surface area is 110 Å². The van der Waals surface area contributed by atoms with E-state index in [9.17, 15) is 5.11 Å². The van der Waals surface area contributed by atoms with E-state index in [-0.39, 0.29) is 0 Å². The lowest BCUT2D eigenvalue weighted by Gasteiger charge is -2.36. The van der Waals surface area contributed by atoms with Crippen LogP contribution in [-0.2, 0) is 0 Å². The van der Waals surface area contributed by atoms with Gasteiger partial charge in [-0.25, -0.2) is 0 Å². The molecule has 1 fully saturated rings. The fourth-order valence-electron chi connectivity index (χ4n) is 2.86. The van der Waals surface area contributed by atoms with Crippen LogP contribution < -0.4 is 5.73 Å². The van der Waals surface area contributed by atoms with Crippen molar-refractivity contribution in [1.29, 1.82) is 0 Å². The Kier molecular flexibility index (Phi) is 4.61. The minimum absolute atomic E-state index is 0.359. The standard InChI is InChI=1S/C15H24N2O/c1-12(14-3-2-4-15(18)11-14)17-9-6-13(5-8-16)7-10-17/h2-4,11-13,18H,5-10,16H2,1H3. The van der Waals surface area contributed by atoms with E-state index in [1.807, 2.05) is 12.1 Å². The molecule has 0 spiro atoms. The van der Waals surface area contributed by atoms with E-state index < -0.39 is 0 Å². The van der Waals surface area contributed by atoms with E-state index >= 15 is 0 Å². The summed E-state index contributed by atoms with van der Waals surface area (Å²) in [7, 11) is 0. The van der Waals surface area contributed by atoms with Gasteiger partial charge in [-0.2, -0.15) is 0 Å². The molecule has 1 unspecified atom stereocenters. The molecular formula is C15H24N2O. The molecule has 1 saturated heterocycles. The third kappa shape index (κ3) is 3.24. The van der Waals surface area contributed by atoms with Crippen molar-refractivity contribution in [3.8, 4) is 5.75 Å². The maximum atomic E-state index is 9.54. The Hall–Kier alpha value is -1.06. The van der Waals surface area contributed by atoms with Crippen LogP contribution >= 0.6 is 0 Å². The summed E-state index contributed by atoms with van der Waals surface area (Å²) in [5.41, 5.74) is 6.82. The molecule has 3 N–H and O–H groups in total. The number of nitrogens with two attached hydrogens (primary N) is 1. The second-order valence-electron chi connectivity index (χ2n) is 5.33. The van der Waals surface area contributed by atoms with Gasteiger partial charge in [-0.3, -0.25) is 4.90 Å². The smallest absolute Gasteiger partial charge is 0.115 e. The molecule has 18 heavy (non-hydrogen) atoms. The summed E-state index contributed by atoms with van der Waals surface area (Å²) in [6.45, 7) is 5.31. The quantitative estimate of drug-likeness (QED) is 0.861. The first kappa shape index (κ1) is 13.4. The highest BCUT2D eigenvalue weighted by Crippen LogP contribution is 2.28. The molecule has 1 atom stereocenters. The fraction of sp³-hybridized carbons (Fsp3) is 0.600. The van der Waals surface area contributed by atoms with Gasteiger partial charge in [0, 0.05) is 6.04 Å². The number of nitrogens with zero attached hydrogens (tertiary/aromatic N) is 1. The van der Waals surface area contributed by atoms with Gasteiger partial charge in [0.25, 0.3) is 0 Å². The van der Waals surface area contributed by atoms with Gasteiger partial charge in [-0.05, 0) is 69.4 Å². The van der Waals surface area contributed by atoms with E-state index in [4.69, 9.17) is 5.73 Å². The molecule has 0 radical (unpaired) electrons. The highest BCUT2D eigenvalue weighted by atomic mass is 16.3. The summed E-state index contributed by atoms with van der Waals surface area (Å²) >= 11 is 0. The SMILES string of the molecule is CC(c1cccc(O)c1)N1CCC(CCN)CC1. The van der Waals surface area contributed by atoms with E-state index in [0.717, 1.165) is 32.0 Å². The van der Waals surface area contributed by atoms with Crippen LogP contribution in [0.3, 0.4) is 0 Å². The van der Waals surface area contributed by atoms with Crippen molar-refractivity contribution in [1.82, 2.24) is 4.90 Å². The molecule has 1 aromatic carbocycles. The summed E-state index contributed by atoms with van der Waals surface area (Å²) in [6.07, 6.45) is 3.66. The van der Waals surface area contributed by atoms with Crippen LogP contribution in [-0.4, -0.2) is 29.6 Å². The fourth-order valence-corrected chi connectivity index (χ4v) is 2.86. The number of aromatic hydroxyl groups is 1. The molecule has 0 saturated carbocycles. The molecule has 1 heterocycles. The zero-order valence-electron chi connectivity index (χ0n) is 11.2. The minimum atomic E-state index is 0.359. The average molecular weight is 248 g/mol. The summed E-state index contributed by atoms with van der Waals surface area (Å²) in [5.74, 6) is 1.17. The van der Waals surface area contributed by atoms with Crippen LogP contribution in [0.15, 0.2) is 24.3 Å². The van der Waals surface area contributed by atoms with Gasteiger partial charge < -0.3 is 10.8 Å². The number of benzene rings is 1. The van der Waals surface area contributed by atoms with E-state index in [2.05, 4.69) is 17.9 Å². The Morgan fingerprint density at radius 2 is 2.11 bits per heavy atom. The van der Waals surface area contributed by atoms with Crippen molar-refractivity contribution in [2.24, 2.45) is 11.7 Å². The lowest BCUT2D eigenvalue weighted by atomic mass is 9.92. The third-order valence-corrected chi connectivity index (χ3v) is 4.12. The largest absolute Gasteiger partial charge is 0.508 e. The van der Waals surface area contributed by atoms with Gasteiger partial charge in [0.2, 0.25) is 0 Å².